The number of nitrogens with two attached hydrogens (primary N) is 1. The predicted molar refractivity (Wildman–Crippen MR) is 90.9 cm³/mol. The molecule has 0 amide bonds. The lowest BCUT2D eigenvalue weighted by molar-refractivity contribution is 0.224. The minimum absolute atomic E-state index is 0.518. The van der Waals surface area contributed by atoms with E-state index < -0.39 is 0 Å². The number of benzene rings is 1. The molecular formula is C17H28N4. The second kappa shape index (κ2) is 7.46. The zero-order valence-electron chi connectivity index (χ0n) is 13.5. The third kappa shape index (κ3) is 5.05. The van der Waals surface area contributed by atoms with Crippen LogP contribution in [0.15, 0.2) is 29.3 Å². The van der Waals surface area contributed by atoms with E-state index in [0.29, 0.717) is 17.8 Å². The number of rotatable bonds is 4. The topological polar surface area (TPSA) is 53.6 Å². The van der Waals surface area contributed by atoms with Crippen molar-refractivity contribution in [3.63, 3.8) is 0 Å². The van der Waals surface area contributed by atoms with Gasteiger partial charge in [0.2, 0.25) is 0 Å². The van der Waals surface area contributed by atoms with Gasteiger partial charge >= 0.3 is 0 Å². The summed E-state index contributed by atoms with van der Waals surface area (Å²) in [6.45, 7) is 7.55. The van der Waals surface area contributed by atoms with Gasteiger partial charge in [-0.3, -0.25) is 4.99 Å². The maximum absolute atomic E-state index is 6.00. The van der Waals surface area contributed by atoms with Gasteiger partial charge in [-0.05, 0) is 62.5 Å². The van der Waals surface area contributed by atoms with Crippen LogP contribution in [0.25, 0.3) is 0 Å². The Bertz CT molecular complexity index is 473. The molecule has 0 atom stereocenters. The number of likely N-dealkylation sites (tertiary alicyclic amines) is 1. The van der Waals surface area contributed by atoms with Gasteiger partial charge in [0.05, 0.1) is 0 Å². The maximum atomic E-state index is 6.00. The Balaban J connectivity index is 1.87. The van der Waals surface area contributed by atoms with E-state index in [-0.39, 0.29) is 0 Å². The number of hydrogen-bond acceptors (Lipinski definition) is 2. The largest absolute Gasteiger partial charge is 0.370 e. The Labute approximate surface area is 128 Å². The highest BCUT2D eigenvalue weighted by Gasteiger charge is 2.15. The normalized spacial score (nSPS) is 18.2. The van der Waals surface area contributed by atoms with Crippen molar-refractivity contribution in [2.75, 3.05) is 32.0 Å². The molecule has 0 spiro atoms. The summed E-state index contributed by atoms with van der Waals surface area (Å²) in [5.74, 6) is 1.71. The van der Waals surface area contributed by atoms with Gasteiger partial charge in [0, 0.05) is 12.2 Å². The summed E-state index contributed by atoms with van der Waals surface area (Å²) < 4.78 is 0. The molecule has 0 aliphatic carbocycles. The molecule has 4 heteroatoms. The number of guanidine groups is 1. The van der Waals surface area contributed by atoms with Gasteiger partial charge in [-0.2, -0.15) is 0 Å². The molecule has 1 aromatic rings. The molecule has 21 heavy (non-hydrogen) atoms. The van der Waals surface area contributed by atoms with Gasteiger partial charge in [0.25, 0.3) is 0 Å². The van der Waals surface area contributed by atoms with E-state index >= 15 is 0 Å². The van der Waals surface area contributed by atoms with E-state index in [1.807, 2.05) is 6.07 Å². The van der Waals surface area contributed by atoms with Crippen molar-refractivity contribution in [1.82, 2.24) is 4.90 Å². The molecular weight excluding hydrogens is 260 g/mol. The molecule has 0 aromatic heterocycles. The first-order valence-corrected chi connectivity index (χ1v) is 7.90. The van der Waals surface area contributed by atoms with Crippen LogP contribution in [-0.4, -0.2) is 37.5 Å². The summed E-state index contributed by atoms with van der Waals surface area (Å²) in [6.07, 6.45) is 2.44. The zero-order valence-corrected chi connectivity index (χ0v) is 13.5. The minimum atomic E-state index is 0.518. The number of anilines is 1. The second-order valence-electron chi connectivity index (χ2n) is 6.38. The minimum Gasteiger partial charge on any atom is -0.370 e. The first-order chi connectivity index (χ1) is 10.0. The van der Waals surface area contributed by atoms with Gasteiger partial charge in [0.1, 0.15) is 0 Å². The lowest BCUT2D eigenvalue weighted by Gasteiger charge is -2.27. The van der Waals surface area contributed by atoms with Crippen molar-refractivity contribution in [2.24, 2.45) is 16.6 Å². The van der Waals surface area contributed by atoms with E-state index in [1.165, 1.54) is 31.5 Å². The summed E-state index contributed by atoms with van der Waals surface area (Å²) in [7, 11) is 2.18. The average Bonchev–Trinajstić information content (AvgIpc) is 2.47. The fraction of sp³-hybridized carbons (Fsp3) is 0.588. The standard InChI is InChI=1S/C17H28N4/c1-13(2)15-5-4-6-16(11-15)20-17(18)19-12-14-7-9-21(3)10-8-14/h4-6,11,13-14H,7-10,12H2,1-3H3,(H3,18,19,20). The highest BCUT2D eigenvalue weighted by molar-refractivity contribution is 5.92. The Kier molecular flexibility index (Phi) is 5.62. The summed E-state index contributed by atoms with van der Waals surface area (Å²) in [4.78, 5) is 6.88. The molecule has 0 radical (unpaired) electrons. The fourth-order valence-corrected chi connectivity index (χ4v) is 2.64. The first-order valence-electron chi connectivity index (χ1n) is 7.90. The molecule has 0 saturated carbocycles. The van der Waals surface area contributed by atoms with Crippen molar-refractivity contribution in [3.05, 3.63) is 29.8 Å². The smallest absolute Gasteiger partial charge is 0.193 e. The van der Waals surface area contributed by atoms with E-state index in [9.17, 15) is 0 Å². The van der Waals surface area contributed by atoms with Crippen molar-refractivity contribution < 1.29 is 0 Å². The lowest BCUT2D eigenvalue weighted by Crippen LogP contribution is -2.32. The molecule has 3 N–H and O–H groups in total. The molecule has 1 heterocycles. The Morgan fingerprint density at radius 2 is 2.10 bits per heavy atom. The quantitative estimate of drug-likeness (QED) is 0.661. The Morgan fingerprint density at radius 3 is 2.76 bits per heavy atom. The third-order valence-electron chi connectivity index (χ3n) is 4.18. The molecule has 116 valence electrons. The molecule has 1 fully saturated rings. The molecule has 1 saturated heterocycles. The first kappa shape index (κ1) is 15.8. The molecule has 1 aliphatic heterocycles. The monoisotopic (exact) mass is 288 g/mol. The average molecular weight is 288 g/mol. The summed E-state index contributed by atoms with van der Waals surface area (Å²) in [5, 5.41) is 3.20. The maximum Gasteiger partial charge on any atom is 0.193 e. The van der Waals surface area contributed by atoms with Crippen LogP contribution < -0.4 is 11.1 Å². The molecule has 4 nitrogen and oxygen atoms in total. The highest BCUT2D eigenvalue weighted by atomic mass is 15.1. The van der Waals surface area contributed by atoms with Crippen LogP contribution in [0.3, 0.4) is 0 Å². The predicted octanol–water partition coefficient (Wildman–Crippen LogP) is 2.88. The number of hydrogen-bond donors (Lipinski definition) is 2. The van der Waals surface area contributed by atoms with Crippen LogP contribution in [0.4, 0.5) is 5.69 Å². The van der Waals surface area contributed by atoms with Crippen LogP contribution >= 0.6 is 0 Å². The van der Waals surface area contributed by atoms with Crippen LogP contribution in [0.5, 0.6) is 0 Å². The van der Waals surface area contributed by atoms with E-state index in [2.05, 4.69) is 54.3 Å². The van der Waals surface area contributed by atoms with Crippen LogP contribution in [0, 0.1) is 5.92 Å². The summed E-state index contributed by atoms with van der Waals surface area (Å²) in [6, 6.07) is 8.37. The molecule has 1 aromatic carbocycles. The summed E-state index contributed by atoms with van der Waals surface area (Å²) in [5.41, 5.74) is 8.33. The van der Waals surface area contributed by atoms with Gasteiger partial charge in [-0.25, -0.2) is 0 Å². The zero-order chi connectivity index (χ0) is 15.2. The Hall–Kier alpha value is -1.55. The highest BCUT2D eigenvalue weighted by Crippen LogP contribution is 2.19. The van der Waals surface area contributed by atoms with E-state index in [1.54, 1.807) is 0 Å². The van der Waals surface area contributed by atoms with Gasteiger partial charge in [-0.1, -0.05) is 26.0 Å². The lowest BCUT2D eigenvalue weighted by atomic mass is 9.97. The van der Waals surface area contributed by atoms with Crippen LogP contribution in [-0.2, 0) is 0 Å². The van der Waals surface area contributed by atoms with Crippen molar-refractivity contribution in [3.8, 4) is 0 Å². The molecule has 1 aliphatic rings. The SMILES string of the molecule is CC(C)c1cccc(NC(N)=NCC2CCN(C)CC2)c1. The van der Waals surface area contributed by atoms with Crippen LogP contribution in [0.1, 0.15) is 38.2 Å². The fourth-order valence-electron chi connectivity index (χ4n) is 2.64. The van der Waals surface area contributed by atoms with Gasteiger partial charge in [-0.15, -0.1) is 0 Å². The van der Waals surface area contributed by atoms with Gasteiger partial charge in [0.15, 0.2) is 5.96 Å². The molecule has 0 unspecified atom stereocenters. The second-order valence-corrected chi connectivity index (χ2v) is 6.38. The van der Waals surface area contributed by atoms with Crippen LogP contribution in [0.2, 0.25) is 0 Å². The molecule has 2 rings (SSSR count). The van der Waals surface area contributed by atoms with Crippen molar-refractivity contribution in [1.29, 1.82) is 0 Å². The van der Waals surface area contributed by atoms with E-state index in [0.717, 1.165) is 12.2 Å². The number of nitrogens with one attached hydrogen (secondary N) is 1. The Morgan fingerprint density at radius 1 is 1.38 bits per heavy atom. The number of piperidine rings is 1. The van der Waals surface area contributed by atoms with Crippen molar-refractivity contribution >= 4 is 11.6 Å². The van der Waals surface area contributed by atoms with E-state index in [4.69, 9.17) is 5.73 Å². The number of aliphatic imine (C=N–C) groups is 1. The number of nitrogens with zero attached hydrogens (tertiary/aromatic N) is 2. The molecule has 0 bridgehead atoms. The van der Waals surface area contributed by atoms with Gasteiger partial charge < -0.3 is 16.0 Å². The third-order valence-corrected chi connectivity index (χ3v) is 4.18. The summed E-state index contributed by atoms with van der Waals surface area (Å²) >= 11 is 0. The van der Waals surface area contributed by atoms with Crippen molar-refractivity contribution in [2.45, 2.75) is 32.6 Å².